The van der Waals surface area contributed by atoms with Crippen LogP contribution in [0.3, 0.4) is 0 Å². The van der Waals surface area contributed by atoms with Crippen molar-refractivity contribution in [3.05, 3.63) is 22.7 Å². The van der Waals surface area contributed by atoms with Crippen LogP contribution in [0.1, 0.15) is 20.3 Å². The Morgan fingerprint density at radius 1 is 1.30 bits per heavy atom. The number of hydrogen-bond donors (Lipinski definition) is 2. The van der Waals surface area contributed by atoms with E-state index in [0.717, 1.165) is 19.5 Å². The van der Waals surface area contributed by atoms with Crippen LogP contribution >= 0.6 is 15.9 Å². The molecule has 0 aliphatic carbocycles. The molecule has 0 aliphatic rings. The van der Waals surface area contributed by atoms with Crippen molar-refractivity contribution >= 4 is 31.6 Å². The summed E-state index contributed by atoms with van der Waals surface area (Å²) in [5, 5.41) is 0. The minimum Gasteiger partial charge on any atom is -0.399 e. The average molecular weight is 364 g/mol. The lowest BCUT2D eigenvalue weighted by Crippen LogP contribution is -2.35. The Bertz CT molecular complexity index is 534. The fourth-order valence-corrected chi connectivity index (χ4v) is 3.90. The van der Waals surface area contributed by atoms with Gasteiger partial charge in [-0.25, -0.2) is 13.1 Å². The van der Waals surface area contributed by atoms with Crippen LogP contribution in [0.25, 0.3) is 0 Å². The van der Waals surface area contributed by atoms with E-state index in [2.05, 4.69) is 39.4 Å². The number of sulfonamides is 1. The van der Waals surface area contributed by atoms with Gasteiger partial charge in [0.1, 0.15) is 0 Å². The van der Waals surface area contributed by atoms with Crippen LogP contribution in [0, 0.1) is 0 Å². The Morgan fingerprint density at radius 3 is 2.60 bits per heavy atom. The molecular formula is C13H22BrN3O2S. The molecule has 0 aliphatic heterocycles. The Kier molecular flexibility index (Phi) is 6.94. The standard InChI is InChI=1S/C13H22BrN3O2S/c1-3-8-17(4-2)9-7-16-20(18,19)13-10-11(15)5-6-12(13)14/h5-6,10,16H,3-4,7-9,15H2,1-2H3. The molecule has 0 spiro atoms. The Hall–Kier alpha value is -0.630. The van der Waals surface area contributed by atoms with E-state index in [1.807, 2.05) is 0 Å². The molecule has 0 saturated heterocycles. The molecule has 0 fully saturated rings. The molecule has 0 radical (unpaired) electrons. The van der Waals surface area contributed by atoms with Crippen molar-refractivity contribution in [3.8, 4) is 0 Å². The van der Waals surface area contributed by atoms with Crippen molar-refractivity contribution in [2.45, 2.75) is 25.2 Å². The number of anilines is 1. The van der Waals surface area contributed by atoms with Crippen molar-refractivity contribution in [1.82, 2.24) is 9.62 Å². The van der Waals surface area contributed by atoms with Crippen molar-refractivity contribution in [3.63, 3.8) is 0 Å². The summed E-state index contributed by atoms with van der Waals surface area (Å²) in [5.74, 6) is 0. The molecule has 0 bridgehead atoms. The maximum atomic E-state index is 12.2. The van der Waals surface area contributed by atoms with E-state index in [0.29, 0.717) is 23.2 Å². The highest BCUT2D eigenvalue weighted by Gasteiger charge is 2.17. The van der Waals surface area contributed by atoms with E-state index in [9.17, 15) is 8.42 Å². The lowest BCUT2D eigenvalue weighted by atomic mass is 10.3. The van der Waals surface area contributed by atoms with Gasteiger partial charge in [0.25, 0.3) is 0 Å². The summed E-state index contributed by atoms with van der Waals surface area (Å²) in [6.45, 7) is 7.15. The fraction of sp³-hybridized carbons (Fsp3) is 0.538. The van der Waals surface area contributed by atoms with Crippen LogP contribution in [0.15, 0.2) is 27.6 Å². The van der Waals surface area contributed by atoms with Crippen LogP contribution in [0.2, 0.25) is 0 Å². The quantitative estimate of drug-likeness (QED) is 0.693. The molecule has 0 heterocycles. The molecule has 1 aromatic rings. The van der Waals surface area contributed by atoms with E-state index in [4.69, 9.17) is 5.73 Å². The number of nitrogen functional groups attached to an aromatic ring is 1. The van der Waals surface area contributed by atoms with Crippen molar-refractivity contribution in [2.75, 3.05) is 31.9 Å². The number of likely N-dealkylation sites (N-methyl/N-ethyl adjacent to an activating group) is 1. The Balaban J connectivity index is 2.68. The van der Waals surface area contributed by atoms with Gasteiger partial charge in [-0.3, -0.25) is 0 Å². The maximum absolute atomic E-state index is 12.2. The van der Waals surface area contributed by atoms with Gasteiger partial charge in [-0.2, -0.15) is 0 Å². The number of benzene rings is 1. The van der Waals surface area contributed by atoms with E-state index in [1.165, 1.54) is 6.07 Å². The molecule has 0 atom stereocenters. The number of nitrogens with two attached hydrogens (primary N) is 1. The zero-order valence-electron chi connectivity index (χ0n) is 11.9. The van der Waals surface area contributed by atoms with Crippen LogP contribution in [-0.4, -0.2) is 39.5 Å². The van der Waals surface area contributed by atoms with Gasteiger partial charge >= 0.3 is 0 Å². The molecule has 114 valence electrons. The molecule has 3 N–H and O–H groups in total. The number of rotatable bonds is 8. The molecule has 1 aromatic carbocycles. The zero-order chi connectivity index (χ0) is 15.2. The number of halogens is 1. The minimum atomic E-state index is -3.54. The molecule has 1 rings (SSSR count). The van der Waals surface area contributed by atoms with E-state index >= 15 is 0 Å². The summed E-state index contributed by atoms with van der Waals surface area (Å²) >= 11 is 3.24. The summed E-state index contributed by atoms with van der Waals surface area (Å²) in [4.78, 5) is 2.38. The third-order valence-electron chi connectivity index (χ3n) is 2.95. The van der Waals surface area contributed by atoms with Crippen LogP contribution in [-0.2, 0) is 10.0 Å². The summed E-state index contributed by atoms with van der Waals surface area (Å²) in [6.07, 6.45) is 1.06. The first-order valence-corrected chi connectivity index (χ1v) is 8.95. The normalized spacial score (nSPS) is 12.0. The summed E-state index contributed by atoms with van der Waals surface area (Å²) in [6, 6.07) is 4.75. The minimum absolute atomic E-state index is 0.177. The maximum Gasteiger partial charge on any atom is 0.241 e. The third-order valence-corrected chi connectivity index (χ3v) is 5.41. The van der Waals surface area contributed by atoms with Crippen LogP contribution in [0.5, 0.6) is 0 Å². The fourth-order valence-electron chi connectivity index (χ4n) is 1.89. The summed E-state index contributed by atoms with van der Waals surface area (Å²) in [7, 11) is -3.54. The SMILES string of the molecule is CCCN(CC)CCNS(=O)(=O)c1cc(N)ccc1Br. The monoisotopic (exact) mass is 363 g/mol. The molecular weight excluding hydrogens is 342 g/mol. The van der Waals surface area contributed by atoms with Crippen LogP contribution < -0.4 is 10.5 Å². The first kappa shape index (κ1) is 17.4. The topological polar surface area (TPSA) is 75.4 Å². The lowest BCUT2D eigenvalue weighted by molar-refractivity contribution is 0.293. The van der Waals surface area contributed by atoms with E-state index < -0.39 is 10.0 Å². The van der Waals surface area contributed by atoms with Gasteiger partial charge in [-0.1, -0.05) is 13.8 Å². The predicted molar refractivity (Wildman–Crippen MR) is 86.1 cm³/mol. The average Bonchev–Trinajstić information content (AvgIpc) is 2.40. The summed E-state index contributed by atoms with van der Waals surface area (Å²) < 4.78 is 27.6. The van der Waals surface area contributed by atoms with Crippen molar-refractivity contribution < 1.29 is 8.42 Å². The Labute approximate surface area is 129 Å². The lowest BCUT2D eigenvalue weighted by Gasteiger charge is -2.19. The molecule has 0 unspecified atom stereocenters. The second-order valence-corrected chi connectivity index (χ2v) is 7.11. The molecule has 5 nitrogen and oxygen atoms in total. The van der Waals surface area contributed by atoms with Gasteiger partial charge in [-0.05, 0) is 53.6 Å². The summed E-state index contributed by atoms with van der Waals surface area (Å²) in [5.41, 5.74) is 6.07. The van der Waals surface area contributed by atoms with Gasteiger partial charge in [0.2, 0.25) is 10.0 Å². The molecule has 0 amide bonds. The molecule has 0 aromatic heterocycles. The smallest absolute Gasteiger partial charge is 0.241 e. The zero-order valence-corrected chi connectivity index (χ0v) is 14.3. The second-order valence-electron chi connectivity index (χ2n) is 4.52. The highest BCUT2D eigenvalue weighted by Crippen LogP contribution is 2.23. The Morgan fingerprint density at radius 2 is 2.00 bits per heavy atom. The number of nitrogens with zero attached hydrogens (tertiary/aromatic N) is 1. The van der Waals surface area contributed by atoms with Crippen LogP contribution in [0.4, 0.5) is 5.69 Å². The van der Waals surface area contributed by atoms with E-state index in [1.54, 1.807) is 12.1 Å². The van der Waals surface area contributed by atoms with Gasteiger partial charge < -0.3 is 10.6 Å². The molecule has 7 heteroatoms. The molecule has 0 saturated carbocycles. The van der Waals surface area contributed by atoms with Gasteiger partial charge in [0, 0.05) is 23.2 Å². The first-order chi connectivity index (χ1) is 9.40. The highest BCUT2D eigenvalue weighted by atomic mass is 79.9. The molecule has 20 heavy (non-hydrogen) atoms. The third kappa shape index (κ3) is 5.05. The largest absolute Gasteiger partial charge is 0.399 e. The second kappa shape index (κ2) is 7.97. The van der Waals surface area contributed by atoms with E-state index in [-0.39, 0.29) is 4.90 Å². The predicted octanol–water partition coefficient (Wildman–Crippen LogP) is 2.04. The van der Waals surface area contributed by atoms with Crippen molar-refractivity contribution in [1.29, 1.82) is 0 Å². The van der Waals surface area contributed by atoms with Gasteiger partial charge in [-0.15, -0.1) is 0 Å². The highest BCUT2D eigenvalue weighted by molar-refractivity contribution is 9.10. The van der Waals surface area contributed by atoms with Crippen molar-refractivity contribution in [2.24, 2.45) is 0 Å². The van der Waals surface area contributed by atoms with Gasteiger partial charge in [0.05, 0.1) is 4.90 Å². The first-order valence-electron chi connectivity index (χ1n) is 6.67. The number of nitrogens with one attached hydrogen (secondary N) is 1. The van der Waals surface area contributed by atoms with Gasteiger partial charge in [0.15, 0.2) is 0 Å². The number of hydrogen-bond acceptors (Lipinski definition) is 4.